The highest BCUT2D eigenvalue weighted by Crippen LogP contribution is 1.95. The Labute approximate surface area is 74.3 Å². The normalized spacial score (nSPS) is 12.9. The highest BCUT2D eigenvalue weighted by atomic mass is 16.5. The molecule has 0 aliphatic rings. The summed E-state index contributed by atoms with van der Waals surface area (Å²) >= 11 is 0. The van der Waals surface area contributed by atoms with Gasteiger partial charge in [0.15, 0.2) is 5.78 Å². The topological polar surface area (TPSA) is 52.3 Å². The average Bonchev–Trinajstić information content (AvgIpc) is 2.01. The molecule has 0 bridgehead atoms. The number of ketones is 1. The second-order valence-electron chi connectivity index (χ2n) is 3.11. The fourth-order valence-corrected chi connectivity index (χ4v) is 0.791. The van der Waals surface area contributed by atoms with E-state index < -0.39 is 0 Å². The first-order valence-corrected chi connectivity index (χ1v) is 4.51. The van der Waals surface area contributed by atoms with Gasteiger partial charge >= 0.3 is 0 Å². The molecule has 0 heterocycles. The van der Waals surface area contributed by atoms with Gasteiger partial charge in [-0.15, -0.1) is 0 Å². The van der Waals surface area contributed by atoms with E-state index in [0.29, 0.717) is 13.0 Å². The Morgan fingerprint density at radius 2 is 2.25 bits per heavy atom. The van der Waals surface area contributed by atoms with E-state index in [-0.39, 0.29) is 18.4 Å². The van der Waals surface area contributed by atoms with Crippen LogP contribution in [0, 0.1) is 0 Å². The molecular weight excluding hydrogens is 154 g/mol. The molecule has 72 valence electrons. The summed E-state index contributed by atoms with van der Waals surface area (Å²) < 4.78 is 5.09. The van der Waals surface area contributed by atoms with E-state index in [1.165, 1.54) is 0 Å². The highest BCUT2D eigenvalue weighted by Gasteiger charge is 2.03. The Bertz CT molecular complexity index is 124. The third-order valence-corrected chi connectivity index (χ3v) is 1.49. The summed E-state index contributed by atoms with van der Waals surface area (Å²) in [5.41, 5.74) is 5.50. The van der Waals surface area contributed by atoms with Crippen molar-refractivity contribution in [3.63, 3.8) is 0 Å². The van der Waals surface area contributed by atoms with Crippen molar-refractivity contribution in [2.24, 2.45) is 5.73 Å². The molecule has 0 fully saturated rings. The fraction of sp³-hybridized carbons (Fsp3) is 0.889. The van der Waals surface area contributed by atoms with Crippen molar-refractivity contribution in [1.82, 2.24) is 0 Å². The van der Waals surface area contributed by atoms with E-state index in [1.807, 2.05) is 13.8 Å². The zero-order valence-corrected chi connectivity index (χ0v) is 8.01. The molecule has 1 atom stereocenters. The van der Waals surface area contributed by atoms with E-state index in [0.717, 1.165) is 12.8 Å². The zero-order valence-electron chi connectivity index (χ0n) is 8.01. The molecule has 0 aromatic carbocycles. The molecule has 0 aliphatic heterocycles. The standard InChI is InChI=1S/C9H19NO2/c1-3-6-12-7-9(11)5-4-8(2)10/h8H,3-7,10H2,1-2H3. The first-order chi connectivity index (χ1) is 5.66. The van der Waals surface area contributed by atoms with Crippen LogP contribution in [0.25, 0.3) is 0 Å². The molecule has 3 heteroatoms. The maximum atomic E-state index is 11.0. The van der Waals surface area contributed by atoms with Crippen LogP contribution in [0.1, 0.15) is 33.1 Å². The summed E-state index contributed by atoms with van der Waals surface area (Å²) in [6, 6.07) is 0.111. The van der Waals surface area contributed by atoms with Crippen LogP contribution in [0.4, 0.5) is 0 Å². The van der Waals surface area contributed by atoms with Gasteiger partial charge in [0.1, 0.15) is 6.61 Å². The Balaban J connectivity index is 3.22. The SMILES string of the molecule is CCCOCC(=O)CCC(C)N. The van der Waals surface area contributed by atoms with Crippen molar-refractivity contribution >= 4 is 5.78 Å². The number of hydrogen-bond donors (Lipinski definition) is 1. The van der Waals surface area contributed by atoms with E-state index in [2.05, 4.69) is 0 Å². The summed E-state index contributed by atoms with van der Waals surface area (Å²) in [5, 5.41) is 0. The summed E-state index contributed by atoms with van der Waals surface area (Å²) in [7, 11) is 0. The molecule has 0 saturated heterocycles. The second kappa shape index (κ2) is 7.25. The van der Waals surface area contributed by atoms with E-state index >= 15 is 0 Å². The Morgan fingerprint density at radius 1 is 1.58 bits per heavy atom. The van der Waals surface area contributed by atoms with Crippen LogP contribution in [0.15, 0.2) is 0 Å². The van der Waals surface area contributed by atoms with Gasteiger partial charge in [-0.1, -0.05) is 6.92 Å². The third-order valence-electron chi connectivity index (χ3n) is 1.49. The summed E-state index contributed by atoms with van der Waals surface area (Å²) in [6.07, 6.45) is 2.26. The molecule has 0 amide bonds. The molecule has 0 aromatic rings. The number of rotatable bonds is 7. The molecule has 0 aromatic heterocycles. The monoisotopic (exact) mass is 173 g/mol. The van der Waals surface area contributed by atoms with Crippen molar-refractivity contribution in [2.45, 2.75) is 39.2 Å². The van der Waals surface area contributed by atoms with Gasteiger partial charge < -0.3 is 10.5 Å². The molecule has 3 nitrogen and oxygen atoms in total. The van der Waals surface area contributed by atoms with Crippen LogP contribution in [-0.4, -0.2) is 25.0 Å². The number of Topliss-reactive ketones (excluding diaryl/α,β-unsaturated/α-hetero) is 1. The number of hydrogen-bond acceptors (Lipinski definition) is 3. The van der Waals surface area contributed by atoms with Crippen molar-refractivity contribution in [2.75, 3.05) is 13.2 Å². The highest BCUT2D eigenvalue weighted by molar-refractivity contribution is 5.79. The Morgan fingerprint density at radius 3 is 2.75 bits per heavy atom. The van der Waals surface area contributed by atoms with Crippen molar-refractivity contribution in [1.29, 1.82) is 0 Å². The molecule has 0 saturated carbocycles. The lowest BCUT2D eigenvalue weighted by molar-refractivity contribution is -0.123. The lowest BCUT2D eigenvalue weighted by Crippen LogP contribution is -2.18. The number of nitrogens with two attached hydrogens (primary N) is 1. The smallest absolute Gasteiger partial charge is 0.158 e. The molecule has 0 aliphatic carbocycles. The third kappa shape index (κ3) is 7.69. The minimum Gasteiger partial charge on any atom is -0.374 e. The molecular formula is C9H19NO2. The number of ether oxygens (including phenoxy) is 1. The van der Waals surface area contributed by atoms with Gasteiger partial charge in [0.25, 0.3) is 0 Å². The Kier molecular flexibility index (Phi) is 7.00. The molecule has 2 N–H and O–H groups in total. The van der Waals surface area contributed by atoms with E-state index in [9.17, 15) is 4.79 Å². The quantitative estimate of drug-likeness (QED) is 0.587. The van der Waals surface area contributed by atoms with E-state index in [4.69, 9.17) is 10.5 Å². The molecule has 1 unspecified atom stereocenters. The molecule has 0 spiro atoms. The minimum atomic E-state index is 0.111. The van der Waals surface area contributed by atoms with Gasteiger partial charge in [0.2, 0.25) is 0 Å². The van der Waals surface area contributed by atoms with Gasteiger partial charge in [0.05, 0.1) is 0 Å². The minimum absolute atomic E-state index is 0.111. The summed E-state index contributed by atoms with van der Waals surface area (Å²) in [4.78, 5) is 11.0. The van der Waals surface area contributed by atoms with Crippen LogP contribution in [0.3, 0.4) is 0 Å². The predicted octanol–water partition coefficient (Wildman–Crippen LogP) is 1.11. The maximum absolute atomic E-state index is 11.0. The predicted molar refractivity (Wildman–Crippen MR) is 49.0 cm³/mol. The lowest BCUT2D eigenvalue weighted by atomic mass is 10.1. The van der Waals surface area contributed by atoms with Gasteiger partial charge in [0, 0.05) is 19.1 Å². The molecule has 12 heavy (non-hydrogen) atoms. The van der Waals surface area contributed by atoms with Crippen molar-refractivity contribution in [3.8, 4) is 0 Å². The molecule has 0 radical (unpaired) electrons. The lowest BCUT2D eigenvalue weighted by Gasteiger charge is -2.04. The first-order valence-electron chi connectivity index (χ1n) is 4.51. The number of carbonyl (C=O) groups excluding carboxylic acids is 1. The van der Waals surface area contributed by atoms with Gasteiger partial charge in [-0.05, 0) is 19.8 Å². The Hall–Kier alpha value is -0.410. The maximum Gasteiger partial charge on any atom is 0.158 e. The molecule has 0 rings (SSSR count). The fourth-order valence-electron chi connectivity index (χ4n) is 0.791. The summed E-state index contributed by atoms with van der Waals surface area (Å²) in [5.74, 6) is 0.153. The van der Waals surface area contributed by atoms with Crippen molar-refractivity contribution in [3.05, 3.63) is 0 Å². The van der Waals surface area contributed by atoms with Crippen LogP contribution < -0.4 is 5.73 Å². The second-order valence-corrected chi connectivity index (χ2v) is 3.11. The number of carbonyl (C=O) groups is 1. The van der Waals surface area contributed by atoms with Crippen LogP contribution in [-0.2, 0) is 9.53 Å². The van der Waals surface area contributed by atoms with Gasteiger partial charge in [-0.3, -0.25) is 4.79 Å². The average molecular weight is 173 g/mol. The first kappa shape index (κ1) is 11.6. The van der Waals surface area contributed by atoms with Gasteiger partial charge in [-0.2, -0.15) is 0 Å². The van der Waals surface area contributed by atoms with Crippen molar-refractivity contribution < 1.29 is 9.53 Å². The van der Waals surface area contributed by atoms with Crippen LogP contribution in [0.5, 0.6) is 0 Å². The largest absolute Gasteiger partial charge is 0.374 e. The van der Waals surface area contributed by atoms with Crippen LogP contribution >= 0.6 is 0 Å². The van der Waals surface area contributed by atoms with E-state index in [1.54, 1.807) is 0 Å². The zero-order chi connectivity index (χ0) is 9.40. The summed E-state index contributed by atoms with van der Waals surface area (Å²) in [6.45, 7) is 4.84. The van der Waals surface area contributed by atoms with Gasteiger partial charge in [-0.25, -0.2) is 0 Å². The van der Waals surface area contributed by atoms with Crippen LogP contribution in [0.2, 0.25) is 0 Å².